The topological polar surface area (TPSA) is 46.6 Å². The van der Waals surface area contributed by atoms with E-state index in [0.717, 1.165) is 16.4 Å². The van der Waals surface area contributed by atoms with Gasteiger partial charge < -0.3 is 4.74 Å². The summed E-state index contributed by atoms with van der Waals surface area (Å²) < 4.78 is 6.70. The van der Waals surface area contributed by atoms with Gasteiger partial charge in [0.2, 0.25) is 5.24 Å². The molecule has 2 fully saturated rings. The van der Waals surface area contributed by atoms with Crippen molar-refractivity contribution >= 4 is 45.4 Å². The normalized spacial score (nSPS) is 31.0. The van der Waals surface area contributed by atoms with Crippen molar-refractivity contribution in [2.24, 2.45) is 5.92 Å². The number of carbonyl (C=O) groups excluding carboxylic acids is 2. The van der Waals surface area contributed by atoms with E-state index < -0.39 is 17.3 Å². The summed E-state index contributed by atoms with van der Waals surface area (Å²) in [5.41, 5.74) is 0.507. The number of piperidine rings is 1. The van der Waals surface area contributed by atoms with Crippen LogP contribution >= 0.6 is 34.2 Å². The lowest BCUT2D eigenvalue weighted by Gasteiger charge is -2.40. The molecule has 0 radical (unpaired) electrons. The van der Waals surface area contributed by atoms with Gasteiger partial charge in [0.25, 0.3) is 0 Å². The monoisotopic (exact) mass is 433 g/mol. The van der Waals surface area contributed by atoms with E-state index in [1.165, 1.54) is 0 Å². The number of nitrogens with zero attached hydrogens (tertiary/aromatic N) is 1. The van der Waals surface area contributed by atoms with E-state index in [1.54, 1.807) is 12.1 Å². The summed E-state index contributed by atoms with van der Waals surface area (Å²) in [6, 6.07) is 7.65. The van der Waals surface area contributed by atoms with Gasteiger partial charge in [0.05, 0.1) is 11.5 Å². The van der Waals surface area contributed by atoms with Crippen LogP contribution in [0.2, 0.25) is 0 Å². The molecule has 2 heterocycles. The Hall–Kier alpha value is -0.660. The number of benzene rings is 1. The lowest BCUT2D eigenvalue weighted by atomic mass is 9.88. The number of esters is 1. The maximum absolute atomic E-state index is 12.3. The van der Waals surface area contributed by atoms with Crippen molar-refractivity contribution in [3.05, 3.63) is 33.4 Å². The Bertz CT molecular complexity index is 592. The molecule has 4 atom stereocenters. The van der Waals surface area contributed by atoms with Crippen molar-refractivity contribution in [1.29, 1.82) is 0 Å². The molecule has 1 aromatic carbocycles. The molecule has 118 valence electrons. The molecule has 2 saturated heterocycles. The summed E-state index contributed by atoms with van der Waals surface area (Å²) in [5, 5.41) is -0.405. The second kappa shape index (κ2) is 6.45. The van der Waals surface area contributed by atoms with Crippen LogP contribution in [0.3, 0.4) is 0 Å². The number of ether oxygens (including phenoxy) is 1. The lowest BCUT2D eigenvalue weighted by molar-refractivity contribution is -0.124. The second-order valence-electron chi connectivity index (χ2n) is 5.98. The molecule has 2 aliphatic rings. The van der Waals surface area contributed by atoms with E-state index in [9.17, 15) is 9.59 Å². The fraction of sp³-hybridized carbons (Fsp3) is 0.500. The zero-order chi connectivity index (χ0) is 15.9. The fourth-order valence-electron chi connectivity index (χ4n) is 3.63. The molecule has 0 amide bonds. The molecule has 0 unspecified atom stereocenters. The highest BCUT2D eigenvalue weighted by Gasteiger charge is 2.49. The lowest BCUT2D eigenvalue weighted by Crippen LogP contribution is -2.52. The molecule has 0 N–H and O–H groups in total. The average Bonchev–Trinajstić information content (AvgIpc) is 2.71. The quantitative estimate of drug-likeness (QED) is 0.418. The van der Waals surface area contributed by atoms with Crippen molar-refractivity contribution in [2.75, 3.05) is 7.05 Å². The second-order valence-corrected chi connectivity index (χ2v) is 7.60. The number of rotatable bonds is 3. The minimum Gasteiger partial charge on any atom is -0.458 e. The Balaban J connectivity index is 1.77. The SMILES string of the molecule is CN1[C@H]2CC[C@@H]1[C@@H](C(=O)Cl)[C@@H](OC(=O)c1ccc(I)cc1)C2. The van der Waals surface area contributed by atoms with Crippen LogP contribution < -0.4 is 0 Å². The van der Waals surface area contributed by atoms with Gasteiger partial charge in [0, 0.05) is 22.1 Å². The van der Waals surface area contributed by atoms with Gasteiger partial charge in [-0.3, -0.25) is 9.69 Å². The summed E-state index contributed by atoms with van der Waals surface area (Å²) in [5.74, 6) is -0.813. The zero-order valence-electron chi connectivity index (χ0n) is 12.2. The molecule has 6 heteroatoms. The molecule has 2 aliphatic heterocycles. The molecular weight excluding hydrogens is 417 g/mol. The first kappa shape index (κ1) is 16.2. The minimum atomic E-state index is -0.432. The van der Waals surface area contributed by atoms with Crippen molar-refractivity contribution < 1.29 is 14.3 Å². The third-order valence-corrected chi connectivity index (χ3v) is 5.79. The largest absolute Gasteiger partial charge is 0.458 e. The van der Waals surface area contributed by atoms with Gasteiger partial charge in [-0.2, -0.15) is 0 Å². The predicted molar refractivity (Wildman–Crippen MR) is 91.9 cm³/mol. The molecule has 0 aliphatic carbocycles. The first-order valence-electron chi connectivity index (χ1n) is 7.35. The number of hydrogen-bond donors (Lipinski definition) is 0. The first-order valence-corrected chi connectivity index (χ1v) is 8.81. The van der Waals surface area contributed by atoms with Gasteiger partial charge in [0.15, 0.2) is 0 Å². The first-order chi connectivity index (χ1) is 10.5. The van der Waals surface area contributed by atoms with Crippen LogP contribution in [0.15, 0.2) is 24.3 Å². The number of halogens is 2. The van der Waals surface area contributed by atoms with Crippen LogP contribution in [-0.4, -0.2) is 41.3 Å². The number of hydrogen-bond acceptors (Lipinski definition) is 4. The molecule has 3 rings (SSSR count). The average molecular weight is 434 g/mol. The van der Waals surface area contributed by atoms with Crippen molar-refractivity contribution in [2.45, 2.75) is 37.5 Å². The maximum Gasteiger partial charge on any atom is 0.338 e. The Morgan fingerprint density at radius 2 is 1.95 bits per heavy atom. The van der Waals surface area contributed by atoms with Crippen LogP contribution in [0.25, 0.3) is 0 Å². The summed E-state index contributed by atoms with van der Waals surface area (Å²) in [6.45, 7) is 0. The Labute approximate surface area is 148 Å². The van der Waals surface area contributed by atoms with Crippen LogP contribution in [0.1, 0.15) is 29.6 Å². The Morgan fingerprint density at radius 1 is 1.27 bits per heavy atom. The van der Waals surface area contributed by atoms with Crippen molar-refractivity contribution in [3.63, 3.8) is 0 Å². The summed E-state index contributed by atoms with van der Waals surface area (Å²) in [7, 11) is 2.02. The highest BCUT2D eigenvalue weighted by Crippen LogP contribution is 2.40. The Kier molecular flexibility index (Phi) is 4.75. The Morgan fingerprint density at radius 3 is 2.59 bits per heavy atom. The third-order valence-electron chi connectivity index (χ3n) is 4.81. The van der Waals surface area contributed by atoms with Crippen molar-refractivity contribution in [1.82, 2.24) is 4.90 Å². The highest BCUT2D eigenvalue weighted by atomic mass is 127. The summed E-state index contributed by atoms with van der Waals surface area (Å²) >= 11 is 7.98. The predicted octanol–water partition coefficient (Wildman–Crippen LogP) is 3.06. The van der Waals surface area contributed by atoms with E-state index in [4.69, 9.17) is 16.3 Å². The van der Waals surface area contributed by atoms with Gasteiger partial charge >= 0.3 is 5.97 Å². The van der Waals surface area contributed by atoms with E-state index in [2.05, 4.69) is 27.5 Å². The molecule has 22 heavy (non-hydrogen) atoms. The zero-order valence-corrected chi connectivity index (χ0v) is 15.1. The van der Waals surface area contributed by atoms with E-state index in [0.29, 0.717) is 18.0 Å². The smallest absolute Gasteiger partial charge is 0.338 e. The van der Waals surface area contributed by atoms with Gasteiger partial charge in [-0.15, -0.1) is 0 Å². The highest BCUT2D eigenvalue weighted by molar-refractivity contribution is 14.1. The molecule has 0 saturated carbocycles. The molecule has 0 spiro atoms. The third kappa shape index (κ3) is 3.03. The summed E-state index contributed by atoms with van der Waals surface area (Å²) in [6.07, 6.45) is 2.21. The minimum absolute atomic E-state index is 0.0817. The molecular formula is C16H17ClINO3. The molecule has 0 aromatic heterocycles. The van der Waals surface area contributed by atoms with Crippen molar-refractivity contribution in [3.8, 4) is 0 Å². The van der Waals surface area contributed by atoms with E-state index >= 15 is 0 Å². The van der Waals surface area contributed by atoms with Crippen LogP contribution in [0.5, 0.6) is 0 Å². The summed E-state index contributed by atoms with van der Waals surface area (Å²) in [4.78, 5) is 26.4. The number of fused-ring (bicyclic) bond motifs is 2. The van der Waals surface area contributed by atoms with Crippen LogP contribution in [0, 0.1) is 9.49 Å². The van der Waals surface area contributed by atoms with Gasteiger partial charge in [-0.1, -0.05) is 0 Å². The van der Waals surface area contributed by atoms with Gasteiger partial charge in [-0.05, 0) is 78.3 Å². The van der Waals surface area contributed by atoms with Crippen LogP contribution in [-0.2, 0) is 9.53 Å². The van der Waals surface area contributed by atoms with Gasteiger partial charge in [-0.25, -0.2) is 4.79 Å². The maximum atomic E-state index is 12.3. The standard InChI is InChI=1S/C16H17ClINO3/c1-19-11-6-7-12(19)14(15(17)20)13(8-11)22-16(21)9-2-4-10(18)5-3-9/h2-5,11-14H,6-8H2,1H3/t11-,12+,13-,14+/m0/s1. The molecule has 2 bridgehead atoms. The van der Waals surface area contributed by atoms with Crippen LogP contribution in [0.4, 0.5) is 0 Å². The molecule has 4 nitrogen and oxygen atoms in total. The van der Waals surface area contributed by atoms with E-state index in [1.807, 2.05) is 19.2 Å². The number of carbonyl (C=O) groups is 2. The van der Waals surface area contributed by atoms with E-state index in [-0.39, 0.29) is 12.0 Å². The molecule has 1 aromatic rings. The van der Waals surface area contributed by atoms with Gasteiger partial charge in [0.1, 0.15) is 6.10 Å². The fourth-order valence-corrected chi connectivity index (χ4v) is 4.28.